The molecule has 1 aliphatic rings. The lowest BCUT2D eigenvalue weighted by Crippen LogP contribution is -2.53. The van der Waals surface area contributed by atoms with Crippen molar-refractivity contribution in [1.82, 2.24) is 14.5 Å². The number of sulfonamides is 1. The molecular formula is C20H21F4N3O3S. The van der Waals surface area contributed by atoms with Crippen LogP contribution in [0.5, 0.6) is 0 Å². The molecule has 0 radical (unpaired) electrons. The first-order valence-corrected chi connectivity index (χ1v) is 10.9. The summed E-state index contributed by atoms with van der Waals surface area (Å²) in [6.07, 6.45) is -4.55. The normalized spacial score (nSPS) is 16.7. The number of rotatable bonds is 4. The van der Waals surface area contributed by atoms with Crippen LogP contribution in [0.15, 0.2) is 53.4 Å². The first-order valence-electron chi connectivity index (χ1n) is 9.47. The minimum atomic E-state index is -4.55. The largest absolute Gasteiger partial charge is 0.416 e. The zero-order valence-electron chi connectivity index (χ0n) is 16.6. The number of nitrogens with zero attached hydrogens (tertiary/aromatic N) is 2. The van der Waals surface area contributed by atoms with Crippen molar-refractivity contribution in [2.45, 2.75) is 24.0 Å². The zero-order valence-corrected chi connectivity index (χ0v) is 17.4. The number of urea groups is 1. The molecular weight excluding hydrogens is 438 g/mol. The molecule has 1 aliphatic heterocycles. The lowest BCUT2D eigenvalue weighted by atomic mass is 10.0. The fraction of sp³-hybridized carbons (Fsp3) is 0.350. The van der Waals surface area contributed by atoms with E-state index in [1.54, 1.807) is 0 Å². The van der Waals surface area contributed by atoms with Crippen LogP contribution in [0.3, 0.4) is 0 Å². The predicted octanol–water partition coefficient (Wildman–Crippen LogP) is 3.62. The van der Waals surface area contributed by atoms with Gasteiger partial charge in [0, 0.05) is 26.2 Å². The van der Waals surface area contributed by atoms with Crippen LogP contribution >= 0.6 is 0 Å². The molecule has 1 atom stereocenters. The minimum Gasteiger partial charge on any atom is -0.331 e. The Kier molecular flexibility index (Phi) is 6.56. The number of piperazine rings is 1. The first kappa shape index (κ1) is 23.0. The standard InChI is InChI=1S/C20H21F4N3O3S/c1-14(17-7-2-3-8-18(17)20(22,23)24)25-19(28)26-9-11-27(12-10-26)31(29,30)16-6-4-5-15(21)13-16/h2-8,13-14H,9-12H2,1H3,(H,25,28). The Morgan fingerprint density at radius 2 is 1.68 bits per heavy atom. The molecule has 11 heteroatoms. The molecule has 1 unspecified atom stereocenters. The highest BCUT2D eigenvalue weighted by Crippen LogP contribution is 2.34. The fourth-order valence-corrected chi connectivity index (χ4v) is 4.85. The van der Waals surface area contributed by atoms with E-state index in [0.29, 0.717) is 0 Å². The fourth-order valence-electron chi connectivity index (χ4n) is 3.40. The van der Waals surface area contributed by atoms with Gasteiger partial charge in [0.15, 0.2) is 0 Å². The summed E-state index contributed by atoms with van der Waals surface area (Å²) in [6, 6.07) is 8.15. The second kappa shape index (κ2) is 8.83. The van der Waals surface area contributed by atoms with Crippen molar-refractivity contribution in [3.05, 3.63) is 65.5 Å². The molecule has 0 spiro atoms. The Morgan fingerprint density at radius 1 is 1.03 bits per heavy atom. The van der Waals surface area contributed by atoms with Gasteiger partial charge in [-0.25, -0.2) is 17.6 Å². The first-order chi connectivity index (χ1) is 14.5. The zero-order chi connectivity index (χ0) is 22.8. The number of carbonyl (C=O) groups is 1. The number of benzene rings is 2. The van der Waals surface area contributed by atoms with Crippen LogP contribution in [-0.2, 0) is 16.2 Å². The third-order valence-corrected chi connectivity index (χ3v) is 6.93. The molecule has 0 saturated carbocycles. The van der Waals surface area contributed by atoms with Crippen molar-refractivity contribution >= 4 is 16.1 Å². The van der Waals surface area contributed by atoms with Crippen molar-refractivity contribution < 1.29 is 30.8 Å². The maximum absolute atomic E-state index is 13.4. The summed E-state index contributed by atoms with van der Waals surface area (Å²) < 4.78 is 79.5. The van der Waals surface area contributed by atoms with Gasteiger partial charge in [0.25, 0.3) is 0 Å². The lowest BCUT2D eigenvalue weighted by Gasteiger charge is -2.34. The third-order valence-electron chi connectivity index (χ3n) is 5.03. The average Bonchev–Trinajstić information content (AvgIpc) is 2.73. The number of amides is 2. The second-order valence-electron chi connectivity index (χ2n) is 7.10. The van der Waals surface area contributed by atoms with Gasteiger partial charge in [-0.3, -0.25) is 0 Å². The van der Waals surface area contributed by atoms with E-state index in [1.807, 2.05) is 0 Å². The van der Waals surface area contributed by atoms with E-state index in [4.69, 9.17) is 0 Å². The Labute approximate surface area is 177 Å². The highest BCUT2D eigenvalue weighted by molar-refractivity contribution is 7.89. The van der Waals surface area contributed by atoms with Crippen molar-refractivity contribution in [3.8, 4) is 0 Å². The quantitative estimate of drug-likeness (QED) is 0.710. The van der Waals surface area contributed by atoms with Crippen molar-refractivity contribution in [2.75, 3.05) is 26.2 Å². The van der Waals surface area contributed by atoms with Crippen LogP contribution in [0.2, 0.25) is 0 Å². The summed E-state index contributed by atoms with van der Waals surface area (Å²) in [5, 5.41) is 2.54. The molecule has 3 rings (SSSR count). The Bertz CT molecular complexity index is 1050. The van der Waals surface area contributed by atoms with E-state index >= 15 is 0 Å². The highest BCUT2D eigenvalue weighted by Gasteiger charge is 2.35. The topological polar surface area (TPSA) is 69.7 Å². The minimum absolute atomic E-state index is 0.0141. The molecule has 1 fully saturated rings. The number of halogens is 4. The number of nitrogens with one attached hydrogen (secondary N) is 1. The van der Waals surface area contributed by atoms with Crippen molar-refractivity contribution in [1.29, 1.82) is 0 Å². The third kappa shape index (κ3) is 5.16. The highest BCUT2D eigenvalue weighted by atomic mass is 32.2. The Hall–Kier alpha value is -2.66. The monoisotopic (exact) mass is 459 g/mol. The number of hydrogen-bond donors (Lipinski definition) is 1. The lowest BCUT2D eigenvalue weighted by molar-refractivity contribution is -0.138. The molecule has 168 valence electrons. The maximum Gasteiger partial charge on any atom is 0.416 e. The van der Waals surface area contributed by atoms with Gasteiger partial charge in [-0.1, -0.05) is 24.3 Å². The van der Waals surface area contributed by atoms with Crippen LogP contribution in [0.4, 0.5) is 22.4 Å². The molecule has 2 aromatic rings. The van der Waals surface area contributed by atoms with Gasteiger partial charge in [0.1, 0.15) is 5.82 Å². The summed E-state index contributed by atoms with van der Waals surface area (Å²) in [5.74, 6) is -0.674. The molecule has 31 heavy (non-hydrogen) atoms. The van der Waals surface area contributed by atoms with Gasteiger partial charge in [0.2, 0.25) is 10.0 Å². The van der Waals surface area contributed by atoms with E-state index in [-0.39, 0.29) is 36.6 Å². The molecule has 6 nitrogen and oxygen atoms in total. The van der Waals surface area contributed by atoms with Crippen molar-refractivity contribution in [3.63, 3.8) is 0 Å². The van der Waals surface area contributed by atoms with E-state index in [0.717, 1.165) is 22.5 Å². The smallest absolute Gasteiger partial charge is 0.331 e. The molecule has 0 bridgehead atoms. The second-order valence-corrected chi connectivity index (χ2v) is 9.04. The molecule has 2 amide bonds. The summed E-state index contributed by atoms with van der Waals surface area (Å²) in [7, 11) is -3.91. The van der Waals surface area contributed by atoms with Gasteiger partial charge in [-0.05, 0) is 36.8 Å². The number of alkyl halides is 3. The van der Waals surface area contributed by atoms with Crippen LogP contribution in [0.25, 0.3) is 0 Å². The molecule has 0 aromatic heterocycles. The van der Waals surface area contributed by atoms with E-state index in [2.05, 4.69) is 5.32 Å². The summed E-state index contributed by atoms with van der Waals surface area (Å²) in [5.41, 5.74) is -0.885. The van der Waals surface area contributed by atoms with E-state index < -0.39 is 39.7 Å². The molecule has 0 aliphatic carbocycles. The van der Waals surface area contributed by atoms with E-state index in [9.17, 15) is 30.8 Å². The Morgan fingerprint density at radius 3 is 2.29 bits per heavy atom. The van der Waals surface area contributed by atoms with Gasteiger partial charge in [0.05, 0.1) is 16.5 Å². The predicted molar refractivity (Wildman–Crippen MR) is 105 cm³/mol. The van der Waals surface area contributed by atoms with Gasteiger partial charge in [-0.15, -0.1) is 0 Å². The maximum atomic E-state index is 13.4. The SMILES string of the molecule is CC(NC(=O)N1CCN(S(=O)(=O)c2cccc(F)c2)CC1)c1ccccc1C(F)(F)F. The van der Waals surface area contributed by atoms with E-state index in [1.165, 1.54) is 42.2 Å². The van der Waals surface area contributed by atoms with Crippen LogP contribution in [0.1, 0.15) is 24.1 Å². The summed E-state index contributed by atoms with van der Waals surface area (Å²) in [6.45, 7) is 1.52. The van der Waals surface area contributed by atoms with Gasteiger partial charge in [-0.2, -0.15) is 17.5 Å². The van der Waals surface area contributed by atoms with Crippen molar-refractivity contribution in [2.24, 2.45) is 0 Å². The van der Waals surface area contributed by atoms with Crippen LogP contribution in [-0.4, -0.2) is 49.8 Å². The van der Waals surface area contributed by atoms with Crippen LogP contribution < -0.4 is 5.32 Å². The van der Waals surface area contributed by atoms with Gasteiger partial charge >= 0.3 is 12.2 Å². The molecule has 2 aromatic carbocycles. The molecule has 1 heterocycles. The van der Waals surface area contributed by atoms with Gasteiger partial charge < -0.3 is 10.2 Å². The number of hydrogen-bond acceptors (Lipinski definition) is 3. The summed E-state index contributed by atoms with van der Waals surface area (Å²) >= 11 is 0. The average molecular weight is 459 g/mol. The Balaban J connectivity index is 1.64. The molecule has 1 saturated heterocycles. The molecule has 1 N–H and O–H groups in total. The van der Waals surface area contributed by atoms with Crippen LogP contribution in [0, 0.1) is 5.82 Å². The summed E-state index contributed by atoms with van der Waals surface area (Å²) in [4.78, 5) is 13.7. The number of carbonyl (C=O) groups excluding carboxylic acids is 1.